The van der Waals surface area contributed by atoms with Crippen LogP contribution in [0.1, 0.15) is 59.8 Å². The Hall–Kier alpha value is -3.55. The van der Waals surface area contributed by atoms with Crippen LogP contribution in [-0.2, 0) is 6.54 Å². The molecule has 0 radical (unpaired) electrons. The molecule has 30 heavy (non-hydrogen) atoms. The van der Waals surface area contributed by atoms with Crippen molar-refractivity contribution < 1.29 is 9.72 Å². The molecule has 8 nitrogen and oxygen atoms in total. The van der Waals surface area contributed by atoms with Crippen molar-refractivity contribution in [2.24, 2.45) is 0 Å². The zero-order valence-electron chi connectivity index (χ0n) is 16.5. The highest BCUT2D eigenvalue weighted by atomic mass is 16.6. The second-order valence-corrected chi connectivity index (χ2v) is 7.49. The Kier molecular flexibility index (Phi) is 5.83. The summed E-state index contributed by atoms with van der Waals surface area (Å²) >= 11 is 0. The van der Waals surface area contributed by atoms with Gasteiger partial charge in [0.2, 0.25) is 0 Å². The van der Waals surface area contributed by atoms with Gasteiger partial charge in [0.25, 0.3) is 11.6 Å². The number of nitro benzene ring substituents is 1. The summed E-state index contributed by atoms with van der Waals surface area (Å²) in [7, 11) is 0. The summed E-state index contributed by atoms with van der Waals surface area (Å²) in [6.07, 6.45) is 12.3. The van der Waals surface area contributed by atoms with Crippen molar-refractivity contribution in [2.75, 3.05) is 0 Å². The summed E-state index contributed by atoms with van der Waals surface area (Å²) in [4.78, 5) is 32.4. The van der Waals surface area contributed by atoms with Crippen molar-refractivity contribution >= 4 is 11.6 Å². The molecule has 0 bridgehead atoms. The summed E-state index contributed by atoms with van der Waals surface area (Å²) in [6, 6.07) is 8.10. The van der Waals surface area contributed by atoms with Crippen LogP contribution < -0.4 is 5.32 Å². The minimum atomic E-state index is -0.418. The Morgan fingerprint density at radius 2 is 1.90 bits per heavy atom. The molecule has 0 unspecified atom stereocenters. The van der Waals surface area contributed by atoms with Crippen LogP contribution >= 0.6 is 0 Å². The molecule has 1 fully saturated rings. The summed E-state index contributed by atoms with van der Waals surface area (Å²) < 4.78 is 1.77. The number of nitrogens with zero attached hydrogens (tertiary/aromatic N) is 4. The molecular formula is C22H23N5O3. The van der Waals surface area contributed by atoms with E-state index in [4.69, 9.17) is 0 Å². The van der Waals surface area contributed by atoms with E-state index >= 15 is 0 Å². The molecule has 8 heteroatoms. The Balaban J connectivity index is 1.63. The lowest BCUT2D eigenvalue weighted by molar-refractivity contribution is -0.384. The average molecular weight is 405 g/mol. The minimum absolute atomic E-state index is 0.0456. The number of hydrogen-bond donors (Lipinski definition) is 1. The number of aromatic nitrogens is 3. The van der Waals surface area contributed by atoms with Crippen LogP contribution in [0, 0.1) is 10.1 Å². The van der Waals surface area contributed by atoms with Crippen molar-refractivity contribution in [3.05, 3.63) is 82.2 Å². The van der Waals surface area contributed by atoms with Gasteiger partial charge in [0.15, 0.2) is 0 Å². The predicted molar refractivity (Wildman–Crippen MR) is 111 cm³/mol. The van der Waals surface area contributed by atoms with E-state index in [1.807, 2.05) is 12.1 Å². The van der Waals surface area contributed by atoms with Gasteiger partial charge >= 0.3 is 0 Å². The Morgan fingerprint density at radius 1 is 1.13 bits per heavy atom. The van der Waals surface area contributed by atoms with Crippen LogP contribution in [0.3, 0.4) is 0 Å². The highest BCUT2D eigenvalue weighted by molar-refractivity contribution is 5.95. The molecule has 1 N–H and O–H groups in total. The molecule has 4 rings (SSSR count). The first kappa shape index (κ1) is 19.8. The number of carbonyl (C=O) groups is 1. The SMILES string of the molecule is O=C(NCc1ccncc1)c1ccc([N+](=O)[O-])c(-n2ccnc2C2CCCCC2)c1. The quantitative estimate of drug-likeness (QED) is 0.490. The number of pyridine rings is 1. The number of hydrogen-bond acceptors (Lipinski definition) is 5. The van der Waals surface area contributed by atoms with Gasteiger partial charge in [0.05, 0.1) is 4.92 Å². The number of nitro groups is 1. The van der Waals surface area contributed by atoms with E-state index in [0.29, 0.717) is 17.8 Å². The summed E-state index contributed by atoms with van der Waals surface area (Å²) in [6.45, 7) is 0.353. The fourth-order valence-corrected chi connectivity index (χ4v) is 3.98. The Labute approximate surface area is 174 Å². The van der Waals surface area contributed by atoms with E-state index in [2.05, 4.69) is 15.3 Å². The van der Waals surface area contributed by atoms with Crippen LogP contribution in [0.2, 0.25) is 0 Å². The topological polar surface area (TPSA) is 103 Å². The summed E-state index contributed by atoms with van der Waals surface area (Å²) in [5, 5.41) is 14.5. The number of benzene rings is 1. The van der Waals surface area contributed by atoms with E-state index < -0.39 is 4.92 Å². The minimum Gasteiger partial charge on any atom is -0.348 e. The number of nitrogens with one attached hydrogen (secondary N) is 1. The molecule has 0 atom stereocenters. The maximum absolute atomic E-state index is 12.7. The maximum atomic E-state index is 12.7. The lowest BCUT2D eigenvalue weighted by atomic mass is 9.88. The number of amides is 1. The maximum Gasteiger partial charge on any atom is 0.293 e. The van der Waals surface area contributed by atoms with Gasteiger partial charge in [-0.2, -0.15) is 0 Å². The average Bonchev–Trinajstić information content (AvgIpc) is 3.28. The highest BCUT2D eigenvalue weighted by Gasteiger charge is 2.25. The first-order valence-corrected chi connectivity index (χ1v) is 10.1. The fourth-order valence-electron chi connectivity index (χ4n) is 3.98. The molecule has 0 aliphatic heterocycles. The molecule has 2 heterocycles. The van der Waals surface area contributed by atoms with Crippen LogP contribution in [0.5, 0.6) is 0 Å². The molecule has 1 aliphatic rings. The highest BCUT2D eigenvalue weighted by Crippen LogP contribution is 2.34. The van der Waals surface area contributed by atoms with Gasteiger partial charge in [-0.3, -0.25) is 24.5 Å². The van der Waals surface area contributed by atoms with Gasteiger partial charge in [-0.1, -0.05) is 19.3 Å². The van der Waals surface area contributed by atoms with E-state index in [0.717, 1.165) is 37.1 Å². The number of rotatable bonds is 6. The first-order valence-electron chi connectivity index (χ1n) is 10.1. The predicted octanol–water partition coefficient (Wildman–Crippen LogP) is 4.15. The standard InChI is InChI=1S/C22H23N5O3/c28-22(25-15-16-8-10-23-11-9-16)18-6-7-19(27(29)30)20(14-18)26-13-12-24-21(26)17-4-2-1-3-5-17/h6-14,17H,1-5,15H2,(H,25,28). The molecule has 154 valence electrons. The lowest BCUT2D eigenvalue weighted by Gasteiger charge is -2.22. The lowest BCUT2D eigenvalue weighted by Crippen LogP contribution is -2.23. The Morgan fingerprint density at radius 3 is 2.63 bits per heavy atom. The van der Waals surface area contributed by atoms with Crippen molar-refractivity contribution in [1.29, 1.82) is 0 Å². The van der Waals surface area contributed by atoms with Gasteiger partial charge in [-0.05, 0) is 42.7 Å². The largest absolute Gasteiger partial charge is 0.348 e. The van der Waals surface area contributed by atoms with Crippen molar-refractivity contribution in [2.45, 2.75) is 44.6 Å². The van der Waals surface area contributed by atoms with Crippen LogP contribution in [-0.4, -0.2) is 25.4 Å². The summed E-state index contributed by atoms with van der Waals surface area (Å²) in [5.74, 6) is 0.812. The molecule has 1 amide bonds. The Bertz CT molecular complexity index is 1040. The third kappa shape index (κ3) is 4.22. The molecule has 3 aromatic rings. The zero-order valence-corrected chi connectivity index (χ0v) is 16.5. The van der Waals surface area contributed by atoms with Gasteiger partial charge in [0.1, 0.15) is 11.5 Å². The molecule has 0 spiro atoms. The number of carbonyl (C=O) groups excluding carboxylic acids is 1. The summed E-state index contributed by atoms with van der Waals surface area (Å²) in [5.41, 5.74) is 1.62. The third-order valence-corrected chi connectivity index (χ3v) is 5.54. The van der Waals surface area contributed by atoms with Crippen molar-refractivity contribution in [3.8, 4) is 5.69 Å². The van der Waals surface area contributed by atoms with Gasteiger partial charge < -0.3 is 5.32 Å². The number of imidazole rings is 1. The zero-order chi connectivity index (χ0) is 20.9. The third-order valence-electron chi connectivity index (χ3n) is 5.54. The van der Waals surface area contributed by atoms with Crippen LogP contribution in [0.25, 0.3) is 5.69 Å². The van der Waals surface area contributed by atoms with E-state index in [9.17, 15) is 14.9 Å². The molecule has 0 saturated heterocycles. The van der Waals surface area contributed by atoms with Crippen molar-refractivity contribution in [1.82, 2.24) is 19.9 Å². The van der Waals surface area contributed by atoms with Gasteiger partial charge in [0, 0.05) is 48.9 Å². The molecule has 2 aromatic heterocycles. The van der Waals surface area contributed by atoms with E-state index in [-0.39, 0.29) is 17.5 Å². The van der Waals surface area contributed by atoms with Gasteiger partial charge in [-0.25, -0.2) is 4.98 Å². The van der Waals surface area contributed by atoms with Crippen LogP contribution in [0.15, 0.2) is 55.1 Å². The monoisotopic (exact) mass is 405 g/mol. The normalized spacial score (nSPS) is 14.4. The molecular weight excluding hydrogens is 382 g/mol. The second-order valence-electron chi connectivity index (χ2n) is 7.49. The first-order chi connectivity index (χ1) is 14.6. The van der Waals surface area contributed by atoms with Gasteiger partial charge in [-0.15, -0.1) is 0 Å². The van der Waals surface area contributed by atoms with E-state index in [1.165, 1.54) is 18.6 Å². The molecule has 1 saturated carbocycles. The van der Waals surface area contributed by atoms with Crippen molar-refractivity contribution in [3.63, 3.8) is 0 Å². The molecule has 1 aromatic carbocycles. The fraction of sp³-hybridized carbons (Fsp3) is 0.318. The van der Waals surface area contributed by atoms with E-state index in [1.54, 1.807) is 35.4 Å². The smallest absolute Gasteiger partial charge is 0.293 e. The van der Waals surface area contributed by atoms with Crippen LogP contribution in [0.4, 0.5) is 5.69 Å². The molecule has 1 aliphatic carbocycles. The second kappa shape index (κ2) is 8.86.